The number of hydrogen-bond donors (Lipinski definition) is 6. The maximum Gasteiger partial charge on any atom is 0.328 e. The fraction of sp³-hybridized carbons (Fsp3) is 0.656. The lowest BCUT2D eigenvalue weighted by atomic mass is 9.76. The van der Waals surface area contributed by atoms with E-state index in [9.17, 15) is 14.4 Å². The average Bonchev–Trinajstić information content (AvgIpc) is 3.01. The van der Waals surface area contributed by atoms with Crippen molar-refractivity contribution >= 4 is 42.0 Å². The molecule has 2 amide bonds. The molecule has 9 N–H and O–H groups in total. The van der Waals surface area contributed by atoms with E-state index in [1.165, 1.54) is 6.42 Å². The van der Waals surface area contributed by atoms with Gasteiger partial charge in [0.15, 0.2) is 5.96 Å². The van der Waals surface area contributed by atoms with Gasteiger partial charge in [0.05, 0.1) is 6.61 Å². The van der Waals surface area contributed by atoms with Crippen LogP contribution in [0.25, 0.3) is 0 Å². The lowest BCUT2D eigenvalue weighted by Crippen LogP contribution is -2.56. The molecule has 44 heavy (non-hydrogen) atoms. The van der Waals surface area contributed by atoms with Crippen molar-refractivity contribution in [2.45, 2.75) is 102 Å². The molecule has 246 valence electrons. The molecule has 2 aliphatic carbocycles. The zero-order chi connectivity index (χ0) is 31.2. The number of hydrogen-bond acceptors (Lipinski definition) is 6. The summed E-state index contributed by atoms with van der Waals surface area (Å²) in [5, 5.41) is 13.8. The molecule has 1 aromatic carbocycles. The van der Waals surface area contributed by atoms with Gasteiger partial charge in [-0.15, -0.1) is 12.4 Å². The van der Waals surface area contributed by atoms with Crippen molar-refractivity contribution in [3.8, 4) is 0 Å². The predicted octanol–water partition coefficient (Wildman–Crippen LogP) is 3.30. The minimum absolute atomic E-state index is 0. The third-order valence-electron chi connectivity index (χ3n) is 8.81. The number of nitrogens with two attached hydrogens (primary N) is 3. The monoisotopic (exact) mass is 633 g/mol. The molecule has 0 spiro atoms. The summed E-state index contributed by atoms with van der Waals surface area (Å²) >= 11 is 0. The fourth-order valence-electron chi connectivity index (χ4n) is 6.47. The van der Waals surface area contributed by atoms with E-state index in [4.69, 9.17) is 27.3 Å². The number of carbonyl (C=O) groups excluding carboxylic acids is 3. The van der Waals surface area contributed by atoms with Crippen molar-refractivity contribution in [2.75, 3.05) is 13.2 Å². The molecule has 0 radical (unpaired) electrons. The number of nitrogen functional groups attached to an aromatic ring is 1. The molecule has 0 saturated heterocycles. The lowest BCUT2D eigenvalue weighted by Gasteiger charge is -2.34. The van der Waals surface area contributed by atoms with Crippen molar-refractivity contribution in [1.29, 1.82) is 5.41 Å². The molecule has 1 unspecified atom stereocenters. The minimum Gasteiger partial charge on any atom is -0.464 e. The van der Waals surface area contributed by atoms with Gasteiger partial charge in [-0.3, -0.25) is 20.0 Å². The second-order valence-electron chi connectivity index (χ2n) is 12.0. The van der Waals surface area contributed by atoms with E-state index in [1.54, 1.807) is 6.92 Å². The summed E-state index contributed by atoms with van der Waals surface area (Å²) in [5.74, 6) is -1.08. The Hall–Kier alpha value is -3.34. The molecule has 0 aliphatic heterocycles. The summed E-state index contributed by atoms with van der Waals surface area (Å²) in [6.45, 7) is 2.24. The SMILES string of the molecule is CCOC(=O)[C@H](CCCN=C(N)N)NC(=O)[C@@H](NC(=O)C(Cc1ccc(C(=N)N)cc1)C1CCCCC1)C1CCCCC1.Cl. The van der Waals surface area contributed by atoms with Crippen LogP contribution in [-0.2, 0) is 25.5 Å². The topological polar surface area (TPSA) is 199 Å². The van der Waals surface area contributed by atoms with Crippen LogP contribution in [0.15, 0.2) is 29.3 Å². The Morgan fingerprint density at radius 3 is 2.05 bits per heavy atom. The number of nitrogens with zero attached hydrogens (tertiary/aromatic N) is 1. The first-order valence-electron chi connectivity index (χ1n) is 16.0. The molecule has 1 aromatic rings. The van der Waals surface area contributed by atoms with Gasteiger partial charge in [0, 0.05) is 18.0 Å². The van der Waals surface area contributed by atoms with Crippen molar-refractivity contribution in [1.82, 2.24) is 10.6 Å². The number of carbonyl (C=O) groups is 3. The third kappa shape index (κ3) is 11.6. The molecule has 2 aliphatic rings. The fourth-order valence-corrected chi connectivity index (χ4v) is 6.47. The number of nitrogens with one attached hydrogen (secondary N) is 3. The van der Waals surface area contributed by atoms with Crippen molar-refractivity contribution < 1.29 is 19.1 Å². The maximum absolute atomic E-state index is 14.1. The summed E-state index contributed by atoms with van der Waals surface area (Å²) in [7, 11) is 0. The molecule has 2 saturated carbocycles. The van der Waals surface area contributed by atoms with E-state index in [2.05, 4.69) is 15.6 Å². The van der Waals surface area contributed by atoms with Gasteiger partial charge in [-0.2, -0.15) is 0 Å². The maximum atomic E-state index is 14.1. The Bertz CT molecular complexity index is 1100. The van der Waals surface area contributed by atoms with Crippen LogP contribution in [0.3, 0.4) is 0 Å². The molecule has 3 atom stereocenters. The highest BCUT2D eigenvalue weighted by Gasteiger charge is 2.37. The number of halogens is 1. The van der Waals surface area contributed by atoms with E-state index in [0.29, 0.717) is 31.4 Å². The summed E-state index contributed by atoms with van der Waals surface area (Å²) in [6, 6.07) is 5.88. The number of amidine groups is 1. The number of amides is 2. The quantitative estimate of drug-likeness (QED) is 0.0736. The highest BCUT2D eigenvalue weighted by atomic mass is 35.5. The summed E-state index contributed by atoms with van der Waals surface area (Å²) in [5.41, 5.74) is 18.1. The average molecular weight is 634 g/mol. The third-order valence-corrected chi connectivity index (χ3v) is 8.81. The standard InChI is InChI=1S/C32H51N7O4.ClH/c1-2-43-31(42)26(14-9-19-37-32(35)36)38-30(41)27(23-12-7-4-8-13-23)39-29(40)25(22-10-5-3-6-11-22)20-21-15-17-24(18-16-21)28(33)34;/h15-18,22-23,25-27H,2-14,19-20H2,1H3,(H3,33,34)(H,38,41)(H,39,40)(H4,35,36,37);1H/t25?,26-,27-;/m0./s1. The highest BCUT2D eigenvalue weighted by Crippen LogP contribution is 2.33. The van der Waals surface area contributed by atoms with E-state index >= 15 is 0 Å². The van der Waals surface area contributed by atoms with Crippen LogP contribution in [0.2, 0.25) is 0 Å². The normalized spacial score (nSPS) is 17.7. The molecule has 2 fully saturated rings. The molecule has 0 bridgehead atoms. The first-order chi connectivity index (χ1) is 20.7. The van der Waals surface area contributed by atoms with Crippen molar-refractivity contribution in [3.63, 3.8) is 0 Å². The lowest BCUT2D eigenvalue weighted by molar-refractivity contribution is -0.148. The van der Waals surface area contributed by atoms with Crippen LogP contribution in [-0.4, -0.2) is 54.8 Å². The first-order valence-corrected chi connectivity index (χ1v) is 16.0. The Morgan fingerprint density at radius 1 is 0.909 bits per heavy atom. The number of rotatable bonds is 15. The van der Waals surface area contributed by atoms with Crippen LogP contribution < -0.4 is 27.8 Å². The second-order valence-corrected chi connectivity index (χ2v) is 12.0. The van der Waals surface area contributed by atoms with Gasteiger partial charge in [-0.25, -0.2) is 4.79 Å². The van der Waals surface area contributed by atoms with Gasteiger partial charge >= 0.3 is 5.97 Å². The number of aliphatic imine (C=N–C) groups is 1. The van der Waals surface area contributed by atoms with Crippen LogP contribution in [0.5, 0.6) is 0 Å². The van der Waals surface area contributed by atoms with E-state index in [1.807, 2.05) is 24.3 Å². The minimum atomic E-state index is -0.862. The zero-order valence-electron chi connectivity index (χ0n) is 26.0. The van der Waals surface area contributed by atoms with Crippen molar-refractivity contribution in [2.24, 2.45) is 39.9 Å². The number of esters is 1. The van der Waals surface area contributed by atoms with Gasteiger partial charge in [0.2, 0.25) is 11.8 Å². The van der Waals surface area contributed by atoms with Gasteiger partial charge in [-0.1, -0.05) is 62.8 Å². The first kappa shape index (κ1) is 36.8. The molecular weight excluding hydrogens is 582 g/mol. The van der Waals surface area contributed by atoms with E-state index in [0.717, 1.165) is 63.4 Å². The largest absolute Gasteiger partial charge is 0.464 e. The molecule has 11 nitrogen and oxygen atoms in total. The Morgan fingerprint density at radius 2 is 1.50 bits per heavy atom. The van der Waals surface area contributed by atoms with E-state index < -0.39 is 18.1 Å². The van der Waals surface area contributed by atoms with E-state index in [-0.39, 0.29) is 60.4 Å². The molecular formula is C32H52ClN7O4. The summed E-state index contributed by atoms with van der Waals surface area (Å²) < 4.78 is 5.25. The highest BCUT2D eigenvalue weighted by molar-refractivity contribution is 5.95. The van der Waals surface area contributed by atoms with Crippen molar-refractivity contribution in [3.05, 3.63) is 35.4 Å². The smallest absolute Gasteiger partial charge is 0.328 e. The molecule has 3 rings (SSSR count). The zero-order valence-corrected chi connectivity index (χ0v) is 26.8. The molecule has 12 heteroatoms. The predicted molar refractivity (Wildman–Crippen MR) is 175 cm³/mol. The molecule has 0 heterocycles. The number of guanidine groups is 1. The van der Waals surface area contributed by atoms with Crippen LogP contribution >= 0.6 is 12.4 Å². The Balaban J connectivity index is 0.00000675. The summed E-state index contributed by atoms with van der Waals surface area (Å²) in [6.07, 6.45) is 11.4. The summed E-state index contributed by atoms with van der Waals surface area (Å²) in [4.78, 5) is 44.7. The van der Waals surface area contributed by atoms with Crippen LogP contribution in [0.4, 0.5) is 0 Å². The molecule has 0 aromatic heterocycles. The van der Waals surface area contributed by atoms with Gasteiger partial charge < -0.3 is 32.6 Å². The van der Waals surface area contributed by atoms with Gasteiger partial charge in [0.25, 0.3) is 0 Å². The van der Waals surface area contributed by atoms with Gasteiger partial charge in [-0.05, 0) is 69.3 Å². The number of benzene rings is 1. The van der Waals surface area contributed by atoms with Gasteiger partial charge in [0.1, 0.15) is 17.9 Å². The Labute approximate surface area is 267 Å². The van der Waals surface area contributed by atoms with Crippen LogP contribution in [0, 0.1) is 23.2 Å². The van der Waals surface area contributed by atoms with Crippen LogP contribution in [0.1, 0.15) is 95.1 Å². The second kappa shape index (κ2) is 19.1. The number of ether oxygens (including phenoxy) is 1. The Kier molecular flexibility index (Phi) is 16.0.